The SMILES string of the molecule is Cc1cc(=O)[nH]c(NCCNC(=O)[C@@H](C)Oc2ccc(F)cc2Cl)n1. The fourth-order valence-electron chi connectivity index (χ4n) is 1.99. The smallest absolute Gasteiger partial charge is 0.260 e. The molecule has 25 heavy (non-hydrogen) atoms. The van der Waals surface area contributed by atoms with Crippen molar-refractivity contribution in [1.29, 1.82) is 0 Å². The quantitative estimate of drug-likeness (QED) is 0.648. The van der Waals surface area contributed by atoms with Crippen LogP contribution >= 0.6 is 11.6 Å². The number of halogens is 2. The van der Waals surface area contributed by atoms with Gasteiger partial charge < -0.3 is 15.4 Å². The maximum atomic E-state index is 13.0. The molecule has 2 aromatic rings. The van der Waals surface area contributed by atoms with Gasteiger partial charge in [-0.3, -0.25) is 14.6 Å². The van der Waals surface area contributed by atoms with Crippen molar-refractivity contribution in [3.8, 4) is 5.75 Å². The van der Waals surface area contributed by atoms with Crippen LogP contribution in [0.25, 0.3) is 0 Å². The summed E-state index contributed by atoms with van der Waals surface area (Å²) in [6.45, 7) is 3.92. The molecular formula is C16H18ClFN4O3. The number of benzene rings is 1. The first-order chi connectivity index (χ1) is 11.8. The van der Waals surface area contributed by atoms with Crippen molar-refractivity contribution in [2.45, 2.75) is 20.0 Å². The summed E-state index contributed by atoms with van der Waals surface area (Å²) < 4.78 is 18.4. The number of ether oxygens (including phenoxy) is 1. The van der Waals surface area contributed by atoms with E-state index in [0.717, 1.165) is 6.07 Å². The van der Waals surface area contributed by atoms with Crippen LogP contribution in [-0.2, 0) is 4.79 Å². The summed E-state index contributed by atoms with van der Waals surface area (Å²) in [5.41, 5.74) is 0.339. The molecule has 134 valence electrons. The Hall–Kier alpha value is -2.61. The Kier molecular flexibility index (Phi) is 6.35. The van der Waals surface area contributed by atoms with Crippen LogP contribution in [-0.4, -0.2) is 35.1 Å². The van der Waals surface area contributed by atoms with Crippen LogP contribution in [0.4, 0.5) is 10.3 Å². The third-order valence-corrected chi connectivity index (χ3v) is 3.45. The zero-order valence-corrected chi connectivity index (χ0v) is 14.5. The van der Waals surface area contributed by atoms with E-state index >= 15 is 0 Å². The predicted octanol–water partition coefficient (Wildman–Crippen LogP) is 1.87. The molecule has 1 amide bonds. The number of carbonyl (C=O) groups is 1. The molecule has 0 radical (unpaired) electrons. The molecule has 2 rings (SSSR count). The molecule has 0 bridgehead atoms. The lowest BCUT2D eigenvalue weighted by Crippen LogP contribution is -2.38. The van der Waals surface area contributed by atoms with Gasteiger partial charge in [0, 0.05) is 24.8 Å². The first kappa shape index (κ1) is 18.7. The highest BCUT2D eigenvalue weighted by Crippen LogP contribution is 2.25. The van der Waals surface area contributed by atoms with E-state index in [0.29, 0.717) is 24.7 Å². The number of H-pyrrole nitrogens is 1. The molecule has 0 saturated heterocycles. The largest absolute Gasteiger partial charge is 0.479 e. The van der Waals surface area contributed by atoms with Crippen molar-refractivity contribution in [3.63, 3.8) is 0 Å². The van der Waals surface area contributed by atoms with Gasteiger partial charge in [0.15, 0.2) is 6.10 Å². The van der Waals surface area contributed by atoms with Gasteiger partial charge in [-0.25, -0.2) is 9.37 Å². The zero-order chi connectivity index (χ0) is 18.4. The maximum Gasteiger partial charge on any atom is 0.260 e. The number of anilines is 1. The van der Waals surface area contributed by atoms with Crippen LogP contribution in [0.1, 0.15) is 12.6 Å². The minimum Gasteiger partial charge on any atom is -0.479 e. The molecular weight excluding hydrogens is 351 g/mol. The number of carbonyl (C=O) groups excluding carboxylic acids is 1. The Morgan fingerprint density at radius 3 is 2.84 bits per heavy atom. The molecule has 0 unspecified atom stereocenters. The molecule has 3 N–H and O–H groups in total. The van der Waals surface area contributed by atoms with Crippen LogP contribution in [0.5, 0.6) is 5.75 Å². The highest BCUT2D eigenvalue weighted by Gasteiger charge is 2.15. The summed E-state index contributed by atoms with van der Waals surface area (Å²) in [7, 11) is 0. The monoisotopic (exact) mass is 368 g/mol. The van der Waals surface area contributed by atoms with Crippen molar-refractivity contribution < 1.29 is 13.9 Å². The second-order valence-electron chi connectivity index (χ2n) is 5.29. The summed E-state index contributed by atoms with van der Waals surface area (Å²) in [5, 5.41) is 5.66. The standard InChI is InChI=1S/C16H18ClFN4O3/c1-9-7-14(23)22-16(21-9)20-6-5-19-15(24)10(2)25-13-4-3-11(18)8-12(13)17/h3-4,7-8,10H,5-6H2,1-2H3,(H,19,24)(H2,20,21,22,23)/t10-/m1/s1. The van der Waals surface area contributed by atoms with Crippen LogP contribution in [0.2, 0.25) is 5.02 Å². The molecule has 0 saturated carbocycles. The number of rotatable bonds is 7. The molecule has 0 aliphatic rings. The predicted molar refractivity (Wildman–Crippen MR) is 92.6 cm³/mol. The summed E-state index contributed by atoms with van der Waals surface area (Å²) in [6.07, 6.45) is -0.806. The second-order valence-corrected chi connectivity index (χ2v) is 5.70. The first-order valence-corrected chi connectivity index (χ1v) is 7.94. The highest BCUT2D eigenvalue weighted by molar-refractivity contribution is 6.32. The second kappa shape index (κ2) is 8.48. The number of aryl methyl sites for hydroxylation is 1. The number of amides is 1. The summed E-state index contributed by atoms with van der Waals surface area (Å²) in [5.74, 6) is -0.275. The molecule has 1 heterocycles. The first-order valence-electron chi connectivity index (χ1n) is 7.56. The highest BCUT2D eigenvalue weighted by atomic mass is 35.5. The van der Waals surface area contributed by atoms with E-state index in [-0.39, 0.29) is 22.2 Å². The van der Waals surface area contributed by atoms with Gasteiger partial charge in [-0.1, -0.05) is 11.6 Å². The number of aromatic nitrogens is 2. The van der Waals surface area contributed by atoms with E-state index in [1.165, 1.54) is 18.2 Å². The molecule has 0 fully saturated rings. The van der Waals surface area contributed by atoms with Gasteiger partial charge in [0.25, 0.3) is 11.5 Å². The molecule has 0 spiro atoms. The van der Waals surface area contributed by atoms with Gasteiger partial charge in [-0.05, 0) is 32.0 Å². The number of aromatic amines is 1. The number of hydrogen-bond donors (Lipinski definition) is 3. The zero-order valence-electron chi connectivity index (χ0n) is 13.7. The Balaban J connectivity index is 1.78. The summed E-state index contributed by atoms with van der Waals surface area (Å²) in [4.78, 5) is 29.9. The Morgan fingerprint density at radius 2 is 2.16 bits per heavy atom. The van der Waals surface area contributed by atoms with Crippen molar-refractivity contribution in [1.82, 2.24) is 15.3 Å². The van der Waals surface area contributed by atoms with E-state index in [1.807, 2.05) is 0 Å². The lowest BCUT2D eigenvalue weighted by Gasteiger charge is -2.15. The van der Waals surface area contributed by atoms with Crippen LogP contribution in [0.3, 0.4) is 0 Å². The third kappa shape index (κ3) is 5.75. The Labute approximate surface area is 148 Å². The van der Waals surface area contributed by atoms with E-state index in [1.54, 1.807) is 13.8 Å². The fraction of sp³-hybridized carbons (Fsp3) is 0.312. The third-order valence-electron chi connectivity index (χ3n) is 3.15. The lowest BCUT2D eigenvalue weighted by molar-refractivity contribution is -0.127. The molecule has 0 aliphatic heterocycles. The average Bonchev–Trinajstić information content (AvgIpc) is 2.53. The van der Waals surface area contributed by atoms with E-state index in [2.05, 4.69) is 20.6 Å². The minimum atomic E-state index is -0.806. The summed E-state index contributed by atoms with van der Waals surface area (Å²) >= 11 is 5.86. The molecule has 1 aromatic heterocycles. The van der Waals surface area contributed by atoms with E-state index < -0.39 is 11.9 Å². The van der Waals surface area contributed by atoms with Crippen molar-refractivity contribution >= 4 is 23.5 Å². The molecule has 1 aromatic carbocycles. The van der Waals surface area contributed by atoms with Crippen LogP contribution in [0.15, 0.2) is 29.1 Å². The van der Waals surface area contributed by atoms with Gasteiger partial charge in [-0.2, -0.15) is 0 Å². The number of nitrogens with zero attached hydrogens (tertiary/aromatic N) is 1. The van der Waals surface area contributed by atoms with Gasteiger partial charge in [0.05, 0.1) is 5.02 Å². The Morgan fingerprint density at radius 1 is 1.40 bits per heavy atom. The van der Waals surface area contributed by atoms with E-state index in [4.69, 9.17) is 16.3 Å². The molecule has 7 nitrogen and oxygen atoms in total. The van der Waals surface area contributed by atoms with Crippen molar-refractivity contribution in [2.24, 2.45) is 0 Å². The van der Waals surface area contributed by atoms with Gasteiger partial charge >= 0.3 is 0 Å². The molecule has 9 heteroatoms. The summed E-state index contributed by atoms with van der Waals surface area (Å²) in [6, 6.07) is 5.06. The van der Waals surface area contributed by atoms with Gasteiger partial charge in [-0.15, -0.1) is 0 Å². The normalized spacial score (nSPS) is 11.7. The molecule has 0 aliphatic carbocycles. The van der Waals surface area contributed by atoms with Crippen LogP contribution in [0, 0.1) is 12.7 Å². The van der Waals surface area contributed by atoms with Crippen molar-refractivity contribution in [3.05, 3.63) is 51.2 Å². The number of nitrogens with one attached hydrogen (secondary N) is 3. The average molecular weight is 369 g/mol. The maximum absolute atomic E-state index is 13.0. The molecule has 1 atom stereocenters. The topological polar surface area (TPSA) is 96.1 Å². The van der Waals surface area contributed by atoms with Gasteiger partial charge in [0.1, 0.15) is 11.6 Å². The van der Waals surface area contributed by atoms with E-state index in [9.17, 15) is 14.0 Å². The Bertz CT molecular complexity index is 812. The minimum absolute atomic E-state index is 0.0933. The lowest BCUT2D eigenvalue weighted by atomic mass is 10.3. The number of hydrogen-bond acceptors (Lipinski definition) is 5. The van der Waals surface area contributed by atoms with Crippen LogP contribution < -0.4 is 20.9 Å². The van der Waals surface area contributed by atoms with Crippen molar-refractivity contribution in [2.75, 3.05) is 18.4 Å². The fourth-order valence-corrected chi connectivity index (χ4v) is 2.20. The van der Waals surface area contributed by atoms with Gasteiger partial charge in [0.2, 0.25) is 5.95 Å².